The molecule has 1 rings (SSSR count). The lowest BCUT2D eigenvalue weighted by atomic mass is 10.4. The van der Waals surface area contributed by atoms with Gasteiger partial charge in [0.05, 0.1) is 10.6 Å². The molecule has 0 bridgehead atoms. The summed E-state index contributed by atoms with van der Waals surface area (Å²) < 4.78 is 0. The maximum Gasteiger partial charge on any atom is 0.160 e. The molecule has 0 N–H and O–H groups in total. The van der Waals surface area contributed by atoms with E-state index < -0.39 is 0 Å². The van der Waals surface area contributed by atoms with Crippen molar-refractivity contribution >= 4 is 23.3 Å². The van der Waals surface area contributed by atoms with Gasteiger partial charge in [-0.15, -0.1) is 11.3 Å². The van der Waals surface area contributed by atoms with E-state index in [1.54, 1.807) is 11.4 Å². The van der Waals surface area contributed by atoms with Crippen LogP contribution in [0.3, 0.4) is 0 Å². The van der Waals surface area contributed by atoms with E-state index in [0.29, 0.717) is 16.9 Å². The standard InChI is InChI=1S/C5H3N3OS/c6-8-7-4-1-2-10-5(4)3-9/h1-3H. The van der Waals surface area contributed by atoms with Gasteiger partial charge in [-0.3, -0.25) is 4.79 Å². The number of carbonyl (C=O) groups excluding carboxylic acids is 1. The molecular formula is C5H3N3OS. The van der Waals surface area contributed by atoms with Crippen LogP contribution < -0.4 is 0 Å². The first-order chi connectivity index (χ1) is 4.88. The summed E-state index contributed by atoms with van der Waals surface area (Å²) in [5.74, 6) is 0. The minimum absolute atomic E-state index is 0.405. The first-order valence-electron chi connectivity index (χ1n) is 2.46. The molecule has 50 valence electrons. The van der Waals surface area contributed by atoms with E-state index in [1.165, 1.54) is 11.3 Å². The van der Waals surface area contributed by atoms with Crippen LogP contribution in [0.15, 0.2) is 16.6 Å². The molecule has 0 saturated heterocycles. The summed E-state index contributed by atoms with van der Waals surface area (Å²) in [5.41, 5.74) is 8.41. The lowest BCUT2D eigenvalue weighted by Gasteiger charge is -1.80. The zero-order valence-corrected chi connectivity index (χ0v) is 5.71. The van der Waals surface area contributed by atoms with Gasteiger partial charge in [0.15, 0.2) is 6.29 Å². The van der Waals surface area contributed by atoms with Crippen LogP contribution in [0.25, 0.3) is 10.4 Å². The molecule has 0 aliphatic carbocycles. The van der Waals surface area contributed by atoms with Crippen molar-refractivity contribution in [1.82, 2.24) is 0 Å². The Balaban J connectivity index is 3.12. The maximum atomic E-state index is 10.2. The summed E-state index contributed by atoms with van der Waals surface area (Å²) >= 11 is 1.26. The molecule has 0 spiro atoms. The van der Waals surface area contributed by atoms with Gasteiger partial charge in [0.2, 0.25) is 0 Å². The Hall–Kier alpha value is -1.32. The van der Waals surface area contributed by atoms with Gasteiger partial charge < -0.3 is 0 Å². The van der Waals surface area contributed by atoms with E-state index in [2.05, 4.69) is 10.0 Å². The summed E-state index contributed by atoms with van der Waals surface area (Å²) in [6.45, 7) is 0. The van der Waals surface area contributed by atoms with Crippen LogP contribution in [-0.2, 0) is 0 Å². The molecule has 0 radical (unpaired) electrons. The van der Waals surface area contributed by atoms with Gasteiger partial charge >= 0.3 is 0 Å². The van der Waals surface area contributed by atoms with E-state index in [-0.39, 0.29) is 0 Å². The van der Waals surface area contributed by atoms with Crippen LogP contribution in [-0.4, -0.2) is 6.29 Å². The smallest absolute Gasteiger partial charge is 0.160 e. The Morgan fingerprint density at radius 1 is 1.80 bits per heavy atom. The van der Waals surface area contributed by atoms with Gasteiger partial charge in [0, 0.05) is 4.91 Å². The minimum Gasteiger partial charge on any atom is -0.297 e. The van der Waals surface area contributed by atoms with Crippen molar-refractivity contribution < 1.29 is 4.79 Å². The lowest BCUT2D eigenvalue weighted by Crippen LogP contribution is -1.66. The predicted octanol–water partition coefficient (Wildman–Crippen LogP) is 2.50. The number of aldehydes is 1. The molecule has 0 unspecified atom stereocenters. The number of nitrogens with zero attached hydrogens (tertiary/aromatic N) is 3. The molecule has 4 nitrogen and oxygen atoms in total. The monoisotopic (exact) mass is 153 g/mol. The number of hydrogen-bond donors (Lipinski definition) is 0. The zero-order chi connectivity index (χ0) is 7.40. The van der Waals surface area contributed by atoms with Crippen molar-refractivity contribution in [2.75, 3.05) is 0 Å². The second kappa shape index (κ2) is 3.00. The molecule has 5 heteroatoms. The molecule has 0 aromatic carbocycles. The Morgan fingerprint density at radius 3 is 3.20 bits per heavy atom. The van der Waals surface area contributed by atoms with Gasteiger partial charge in [0.25, 0.3) is 0 Å². The van der Waals surface area contributed by atoms with E-state index in [0.717, 1.165) is 0 Å². The Morgan fingerprint density at radius 2 is 2.60 bits per heavy atom. The van der Waals surface area contributed by atoms with Crippen molar-refractivity contribution in [2.24, 2.45) is 5.11 Å². The fraction of sp³-hybridized carbons (Fsp3) is 0. The fourth-order valence-corrected chi connectivity index (χ4v) is 1.16. The third-order valence-electron chi connectivity index (χ3n) is 0.933. The fourth-order valence-electron chi connectivity index (χ4n) is 0.533. The molecule has 0 saturated carbocycles. The van der Waals surface area contributed by atoms with E-state index in [9.17, 15) is 4.79 Å². The van der Waals surface area contributed by atoms with Crippen LogP contribution in [0.5, 0.6) is 0 Å². The van der Waals surface area contributed by atoms with Gasteiger partial charge in [-0.2, -0.15) is 0 Å². The SMILES string of the molecule is [N-]=[N+]=Nc1ccsc1C=O. The van der Waals surface area contributed by atoms with E-state index in [1.807, 2.05) is 0 Å². The Kier molecular flexibility index (Phi) is 2.04. The van der Waals surface area contributed by atoms with Crippen molar-refractivity contribution in [2.45, 2.75) is 0 Å². The normalized spacial score (nSPS) is 8.40. The molecule has 0 fully saturated rings. The zero-order valence-electron chi connectivity index (χ0n) is 4.89. The second-order valence-corrected chi connectivity index (χ2v) is 2.43. The van der Waals surface area contributed by atoms with Crippen molar-refractivity contribution in [3.05, 3.63) is 26.8 Å². The van der Waals surface area contributed by atoms with Crippen molar-refractivity contribution in [3.8, 4) is 0 Å². The topological polar surface area (TPSA) is 65.8 Å². The summed E-state index contributed by atoms with van der Waals surface area (Å²) in [5, 5.41) is 5.00. The number of hydrogen-bond acceptors (Lipinski definition) is 3. The first-order valence-corrected chi connectivity index (χ1v) is 3.34. The number of rotatable bonds is 2. The first kappa shape index (κ1) is 6.80. The average Bonchev–Trinajstić information content (AvgIpc) is 2.36. The van der Waals surface area contributed by atoms with Crippen molar-refractivity contribution in [3.63, 3.8) is 0 Å². The molecule has 1 heterocycles. The second-order valence-electron chi connectivity index (χ2n) is 1.48. The highest BCUT2D eigenvalue weighted by atomic mass is 32.1. The lowest BCUT2D eigenvalue weighted by molar-refractivity contribution is 0.112. The number of thiophene rings is 1. The van der Waals surface area contributed by atoms with Crippen molar-refractivity contribution in [1.29, 1.82) is 0 Å². The summed E-state index contributed by atoms with van der Waals surface area (Å²) in [6, 6.07) is 1.61. The Bertz CT molecular complexity index is 287. The predicted molar refractivity (Wildman–Crippen MR) is 38.5 cm³/mol. The highest BCUT2D eigenvalue weighted by Crippen LogP contribution is 2.22. The summed E-state index contributed by atoms with van der Waals surface area (Å²) in [7, 11) is 0. The molecule has 0 aliphatic heterocycles. The minimum atomic E-state index is 0.405. The van der Waals surface area contributed by atoms with Gasteiger partial charge in [0.1, 0.15) is 0 Å². The van der Waals surface area contributed by atoms with E-state index >= 15 is 0 Å². The molecule has 1 aromatic heterocycles. The largest absolute Gasteiger partial charge is 0.297 e. The Labute approximate surface area is 60.7 Å². The molecule has 0 atom stereocenters. The van der Waals surface area contributed by atoms with Gasteiger partial charge in [-0.05, 0) is 17.0 Å². The van der Waals surface area contributed by atoms with Crippen LogP contribution >= 0.6 is 11.3 Å². The van der Waals surface area contributed by atoms with E-state index in [4.69, 9.17) is 5.53 Å². The molecular weight excluding hydrogens is 150 g/mol. The maximum absolute atomic E-state index is 10.2. The highest BCUT2D eigenvalue weighted by molar-refractivity contribution is 7.12. The van der Waals surface area contributed by atoms with Crippen LogP contribution in [0.1, 0.15) is 9.67 Å². The summed E-state index contributed by atoms with van der Waals surface area (Å²) in [4.78, 5) is 13.2. The van der Waals surface area contributed by atoms with Crippen LogP contribution in [0.4, 0.5) is 5.69 Å². The van der Waals surface area contributed by atoms with Crippen LogP contribution in [0, 0.1) is 0 Å². The number of carbonyl (C=O) groups is 1. The third kappa shape index (κ3) is 1.15. The molecule has 1 aromatic rings. The molecule has 0 aliphatic rings. The highest BCUT2D eigenvalue weighted by Gasteiger charge is 1.97. The quantitative estimate of drug-likeness (QED) is 0.278. The molecule has 0 amide bonds. The third-order valence-corrected chi connectivity index (χ3v) is 1.76. The average molecular weight is 153 g/mol. The van der Waals surface area contributed by atoms with Crippen LogP contribution in [0.2, 0.25) is 0 Å². The van der Waals surface area contributed by atoms with Gasteiger partial charge in [-0.1, -0.05) is 5.11 Å². The molecule has 10 heavy (non-hydrogen) atoms. The van der Waals surface area contributed by atoms with Gasteiger partial charge in [-0.25, -0.2) is 0 Å². The summed E-state index contributed by atoms with van der Waals surface area (Å²) in [6.07, 6.45) is 0.675. The number of azide groups is 1.